The van der Waals surface area contributed by atoms with Gasteiger partial charge in [-0.2, -0.15) is 0 Å². The summed E-state index contributed by atoms with van der Waals surface area (Å²) in [5.74, 6) is 0.137. The molecule has 3 heteroatoms. The fourth-order valence-corrected chi connectivity index (χ4v) is 2.55. The summed E-state index contributed by atoms with van der Waals surface area (Å²) in [4.78, 5) is 14.4. The summed E-state index contributed by atoms with van der Waals surface area (Å²) < 4.78 is 0. The second-order valence-corrected chi connectivity index (χ2v) is 5.43. The maximum absolute atomic E-state index is 12.5. The van der Waals surface area contributed by atoms with Crippen molar-refractivity contribution in [3.8, 4) is 0 Å². The minimum absolute atomic E-state index is 0.137. The molecule has 1 aliphatic rings. The predicted molar refractivity (Wildman–Crippen MR) is 73.6 cm³/mol. The van der Waals surface area contributed by atoms with Crippen LogP contribution >= 0.6 is 0 Å². The number of amides is 1. The summed E-state index contributed by atoms with van der Waals surface area (Å²) in [5, 5.41) is 0. The van der Waals surface area contributed by atoms with E-state index in [1.807, 2.05) is 30.0 Å². The van der Waals surface area contributed by atoms with Crippen LogP contribution in [0.5, 0.6) is 0 Å². The van der Waals surface area contributed by atoms with Crippen molar-refractivity contribution in [2.75, 3.05) is 6.54 Å². The molecule has 1 amide bonds. The number of benzene rings is 1. The van der Waals surface area contributed by atoms with E-state index < -0.39 is 0 Å². The number of carbonyl (C=O) groups is 1. The van der Waals surface area contributed by atoms with E-state index in [1.165, 1.54) is 11.1 Å². The van der Waals surface area contributed by atoms with Crippen molar-refractivity contribution < 1.29 is 4.79 Å². The zero-order valence-corrected chi connectivity index (χ0v) is 11.4. The molecular formula is C15H22N2O. The molecule has 0 saturated carbocycles. The zero-order chi connectivity index (χ0) is 13.3. The summed E-state index contributed by atoms with van der Waals surface area (Å²) in [6.07, 6.45) is 1.80. The molecule has 2 N–H and O–H groups in total. The molecule has 1 aliphatic heterocycles. The Hall–Kier alpha value is -1.35. The van der Waals surface area contributed by atoms with Crippen molar-refractivity contribution in [2.45, 2.75) is 45.7 Å². The first-order valence-corrected chi connectivity index (χ1v) is 6.63. The first-order chi connectivity index (χ1) is 8.49. The van der Waals surface area contributed by atoms with Crippen LogP contribution < -0.4 is 5.73 Å². The quantitative estimate of drug-likeness (QED) is 0.826. The van der Waals surface area contributed by atoms with E-state index in [1.54, 1.807) is 0 Å². The van der Waals surface area contributed by atoms with E-state index in [9.17, 15) is 4.79 Å². The fourth-order valence-electron chi connectivity index (χ4n) is 2.55. The van der Waals surface area contributed by atoms with Gasteiger partial charge in [-0.1, -0.05) is 6.07 Å². The largest absolute Gasteiger partial charge is 0.336 e. The summed E-state index contributed by atoms with van der Waals surface area (Å²) in [6.45, 7) is 6.96. The molecule has 0 bridgehead atoms. The molecule has 1 fully saturated rings. The molecular weight excluding hydrogens is 224 g/mol. The summed E-state index contributed by atoms with van der Waals surface area (Å²) in [7, 11) is 0. The third kappa shape index (κ3) is 2.56. The molecule has 1 saturated heterocycles. The van der Waals surface area contributed by atoms with Crippen LogP contribution in [0.1, 0.15) is 41.3 Å². The molecule has 2 rings (SSSR count). The van der Waals surface area contributed by atoms with Crippen LogP contribution in [-0.2, 0) is 0 Å². The highest BCUT2D eigenvalue weighted by Crippen LogP contribution is 2.20. The Balaban J connectivity index is 2.18. The standard InChI is InChI=1S/C15H22N2O/c1-10-4-5-13(8-11(10)2)15(18)17-7-6-14(16)9-12(17)3/h4-5,8,12,14H,6-7,9,16H2,1-3H3. The molecule has 3 nitrogen and oxygen atoms in total. The van der Waals surface area contributed by atoms with Crippen molar-refractivity contribution in [2.24, 2.45) is 5.73 Å². The van der Waals surface area contributed by atoms with Gasteiger partial charge in [-0.25, -0.2) is 0 Å². The maximum Gasteiger partial charge on any atom is 0.254 e. The lowest BCUT2D eigenvalue weighted by Crippen LogP contribution is -2.48. The van der Waals surface area contributed by atoms with E-state index in [2.05, 4.69) is 13.8 Å². The molecule has 1 aromatic rings. The van der Waals surface area contributed by atoms with E-state index in [-0.39, 0.29) is 18.0 Å². The lowest BCUT2D eigenvalue weighted by atomic mass is 9.97. The van der Waals surface area contributed by atoms with Crippen LogP contribution in [0.2, 0.25) is 0 Å². The topological polar surface area (TPSA) is 46.3 Å². The molecule has 0 aliphatic carbocycles. The average molecular weight is 246 g/mol. The second kappa shape index (κ2) is 5.11. The zero-order valence-electron chi connectivity index (χ0n) is 11.4. The Labute approximate surface area is 109 Å². The number of aryl methyl sites for hydroxylation is 2. The Kier molecular flexibility index (Phi) is 3.71. The number of likely N-dealkylation sites (tertiary alicyclic amines) is 1. The van der Waals surface area contributed by atoms with Crippen LogP contribution in [0.3, 0.4) is 0 Å². The fraction of sp³-hybridized carbons (Fsp3) is 0.533. The third-order valence-electron chi connectivity index (χ3n) is 3.93. The van der Waals surface area contributed by atoms with Gasteiger partial charge < -0.3 is 10.6 Å². The van der Waals surface area contributed by atoms with Crippen LogP contribution in [-0.4, -0.2) is 29.4 Å². The van der Waals surface area contributed by atoms with Crippen molar-refractivity contribution in [1.29, 1.82) is 0 Å². The molecule has 0 aromatic heterocycles. The lowest BCUT2D eigenvalue weighted by molar-refractivity contribution is 0.0619. The van der Waals surface area contributed by atoms with Crippen LogP contribution in [0.25, 0.3) is 0 Å². The van der Waals surface area contributed by atoms with Crippen molar-refractivity contribution in [3.63, 3.8) is 0 Å². The number of hydrogen-bond acceptors (Lipinski definition) is 2. The normalized spacial score (nSPS) is 24.1. The monoisotopic (exact) mass is 246 g/mol. The van der Waals surface area contributed by atoms with E-state index in [0.29, 0.717) is 0 Å². The van der Waals surface area contributed by atoms with Gasteiger partial charge in [0, 0.05) is 24.2 Å². The van der Waals surface area contributed by atoms with Gasteiger partial charge in [0.25, 0.3) is 5.91 Å². The molecule has 98 valence electrons. The number of nitrogens with two attached hydrogens (primary N) is 1. The van der Waals surface area contributed by atoms with Gasteiger partial charge in [-0.15, -0.1) is 0 Å². The first-order valence-electron chi connectivity index (χ1n) is 6.63. The van der Waals surface area contributed by atoms with Crippen molar-refractivity contribution in [3.05, 3.63) is 34.9 Å². The molecule has 18 heavy (non-hydrogen) atoms. The summed E-state index contributed by atoms with van der Waals surface area (Å²) in [6, 6.07) is 6.40. The Morgan fingerprint density at radius 2 is 2.06 bits per heavy atom. The van der Waals surface area contributed by atoms with Crippen molar-refractivity contribution in [1.82, 2.24) is 4.90 Å². The molecule has 2 atom stereocenters. The highest BCUT2D eigenvalue weighted by Gasteiger charge is 2.27. The van der Waals surface area contributed by atoms with E-state index in [0.717, 1.165) is 24.9 Å². The second-order valence-electron chi connectivity index (χ2n) is 5.43. The Morgan fingerprint density at radius 1 is 1.33 bits per heavy atom. The number of rotatable bonds is 1. The third-order valence-corrected chi connectivity index (χ3v) is 3.93. The molecule has 1 aromatic carbocycles. The first kappa shape index (κ1) is 13.1. The van der Waals surface area contributed by atoms with Gasteiger partial charge in [0.15, 0.2) is 0 Å². The number of nitrogens with zero attached hydrogens (tertiary/aromatic N) is 1. The van der Waals surface area contributed by atoms with Crippen LogP contribution in [0.15, 0.2) is 18.2 Å². The number of hydrogen-bond donors (Lipinski definition) is 1. The SMILES string of the molecule is Cc1ccc(C(=O)N2CCC(N)CC2C)cc1C. The average Bonchev–Trinajstić information content (AvgIpc) is 2.32. The lowest BCUT2D eigenvalue weighted by Gasteiger charge is -2.36. The Morgan fingerprint density at radius 3 is 2.67 bits per heavy atom. The summed E-state index contributed by atoms with van der Waals surface area (Å²) in [5.41, 5.74) is 9.12. The summed E-state index contributed by atoms with van der Waals surface area (Å²) >= 11 is 0. The Bertz CT molecular complexity index is 456. The number of piperidine rings is 1. The van der Waals surface area contributed by atoms with Gasteiger partial charge in [0.05, 0.1) is 0 Å². The van der Waals surface area contributed by atoms with Crippen LogP contribution in [0.4, 0.5) is 0 Å². The van der Waals surface area contributed by atoms with Crippen LogP contribution in [0, 0.1) is 13.8 Å². The van der Waals surface area contributed by atoms with Crippen molar-refractivity contribution >= 4 is 5.91 Å². The number of carbonyl (C=O) groups excluding carboxylic acids is 1. The smallest absolute Gasteiger partial charge is 0.254 e. The van der Waals surface area contributed by atoms with Gasteiger partial charge in [0.2, 0.25) is 0 Å². The highest BCUT2D eigenvalue weighted by atomic mass is 16.2. The van der Waals surface area contributed by atoms with Gasteiger partial charge >= 0.3 is 0 Å². The molecule has 0 spiro atoms. The molecule has 2 unspecified atom stereocenters. The van der Waals surface area contributed by atoms with Gasteiger partial charge in [-0.3, -0.25) is 4.79 Å². The highest BCUT2D eigenvalue weighted by molar-refractivity contribution is 5.94. The van der Waals surface area contributed by atoms with E-state index in [4.69, 9.17) is 5.73 Å². The maximum atomic E-state index is 12.5. The minimum Gasteiger partial charge on any atom is -0.336 e. The van der Waals surface area contributed by atoms with E-state index >= 15 is 0 Å². The molecule has 1 heterocycles. The van der Waals surface area contributed by atoms with Gasteiger partial charge in [-0.05, 0) is 56.9 Å². The minimum atomic E-state index is 0.137. The van der Waals surface area contributed by atoms with Gasteiger partial charge in [0.1, 0.15) is 0 Å². The predicted octanol–water partition coefficient (Wildman–Crippen LogP) is 2.26. The molecule has 0 radical (unpaired) electrons.